The molecular formula is C10H15BrN2O2S. The van der Waals surface area contributed by atoms with Gasteiger partial charge >= 0.3 is 0 Å². The first-order chi connectivity index (χ1) is 7.59. The number of nitrogens with zero attached hydrogens (tertiary/aromatic N) is 2. The van der Waals surface area contributed by atoms with Gasteiger partial charge in [-0.1, -0.05) is 0 Å². The summed E-state index contributed by atoms with van der Waals surface area (Å²) >= 11 is 4.90. The molecule has 4 nitrogen and oxygen atoms in total. The summed E-state index contributed by atoms with van der Waals surface area (Å²) in [5.74, 6) is 0. The Balaban J connectivity index is 1.98. The summed E-state index contributed by atoms with van der Waals surface area (Å²) in [4.78, 5) is 6.33. The second-order valence-electron chi connectivity index (χ2n) is 4.15. The van der Waals surface area contributed by atoms with Crippen LogP contribution in [0.4, 0.5) is 5.13 Å². The first-order valence-corrected chi connectivity index (χ1v) is 6.89. The van der Waals surface area contributed by atoms with Gasteiger partial charge in [0.15, 0.2) is 5.13 Å². The van der Waals surface area contributed by atoms with E-state index in [2.05, 4.69) is 20.9 Å². The van der Waals surface area contributed by atoms with Crippen molar-refractivity contribution < 1.29 is 9.84 Å². The Kier molecular flexibility index (Phi) is 3.84. The van der Waals surface area contributed by atoms with Crippen LogP contribution in [0.1, 0.15) is 12.8 Å². The SMILES string of the molecule is CN(CC1(O)CCOCC1)c1nc(Br)cs1. The van der Waals surface area contributed by atoms with Crippen molar-refractivity contribution in [2.45, 2.75) is 18.4 Å². The lowest BCUT2D eigenvalue weighted by Crippen LogP contribution is -2.45. The van der Waals surface area contributed by atoms with E-state index < -0.39 is 5.60 Å². The van der Waals surface area contributed by atoms with E-state index in [1.165, 1.54) is 0 Å². The maximum absolute atomic E-state index is 10.4. The molecule has 0 amide bonds. The summed E-state index contributed by atoms with van der Waals surface area (Å²) in [5.41, 5.74) is -0.634. The number of aliphatic hydroxyl groups is 1. The molecule has 0 saturated carbocycles. The molecule has 0 bridgehead atoms. The minimum absolute atomic E-state index is 0.607. The predicted molar refractivity (Wildman–Crippen MR) is 68.1 cm³/mol. The highest BCUT2D eigenvalue weighted by Gasteiger charge is 2.31. The molecule has 16 heavy (non-hydrogen) atoms. The first-order valence-electron chi connectivity index (χ1n) is 5.21. The van der Waals surface area contributed by atoms with Gasteiger partial charge in [0.05, 0.1) is 5.60 Å². The van der Waals surface area contributed by atoms with Gasteiger partial charge in [-0.2, -0.15) is 0 Å². The molecule has 1 aliphatic rings. The van der Waals surface area contributed by atoms with Gasteiger partial charge in [0.2, 0.25) is 0 Å². The molecule has 1 fully saturated rings. The summed E-state index contributed by atoms with van der Waals surface area (Å²) in [6.07, 6.45) is 1.40. The smallest absolute Gasteiger partial charge is 0.186 e. The Morgan fingerprint density at radius 3 is 2.88 bits per heavy atom. The molecule has 1 aromatic heterocycles. The fraction of sp³-hybridized carbons (Fsp3) is 0.700. The van der Waals surface area contributed by atoms with Crippen LogP contribution in [0.5, 0.6) is 0 Å². The van der Waals surface area contributed by atoms with E-state index in [4.69, 9.17) is 4.74 Å². The molecule has 0 aliphatic carbocycles. The number of rotatable bonds is 3. The van der Waals surface area contributed by atoms with Crippen LogP contribution >= 0.6 is 27.3 Å². The summed E-state index contributed by atoms with van der Waals surface area (Å²) in [6, 6.07) is 0. The number of ether oxygens (including phenoxy) is 1. The Morgan fingerprint density at radius 2 is 2.31 bits per heavy atom. The third-order valence-electron chi connectivity index (χ3n) is 2.75. The van der Waals surface area contributed by atoms with E-state index in [0.29, 0.717) is 32.6 Å². The molecule has 0 radical (unpaired) electrons. The Hall–Kier alpha value is -0.170. The van der Waals surface area contributed by atoms with Crippen LogP contribution in [-0.4, -0.2) is 42.5 Å². The maximum Gasteiger partial charge on any atom is 0.186 e. The number of halogens is 1. The summed E-state index contributed by atoms with van der Waals surface area (Å²) < 4.78 is 6.10. The summed E-state index contributed by atoms with van der Waals surface area (Å²) in [5, 5.41) is 13.2. The second-order valence-corrected chi connectivity index (χ2v) is 5.79. The highest BCUT2D eigenvalue weighted by Crippen LogP contribution is 2.27. The van der Waals surface area contributed by atoms with Gasteiger partial charge in [-0.25, -0.2) is 4.98 Å². The topological polar surface area (TPSA) is 45.6 Å². The third-order valence-corrected chi connectivity index (χ3v) is 4.41. The zero-order valence-corrected chi connectivity index (χ0v) is 11.6. The van der Waals surface area contributed by atoms with Crippen molar-refractivity contribution in [3.05, 3.63) is 9.98 Å². The minimum Gasteiger partial charge on any atom is -0.388 e. The van der Waals surface area contributed by atoms with Crippen LogP contribution < -0.4 is 4.90 Å². The van der Waals surface area contributed by atoms with Crippen molar-refractivity contribution in [1.82, 2.24) is 4.98 Å². The van der Waals surface area contributed by atoms with Crippen molar-refractivity contribution in [2.24, 2.45) is 0 Å². The van der Waals surface area contributed by atoms with Crippen molar-refractivity contribution in [1.29, 1.82) is 0 Å². The number of hydrogen-bond acceptors (Lipinski definition) is 5. The van der Waals surface area contributed by atoms with Gasteiger partial charge in [0.1, 0.15) is 4.60 Å². The lowest BCUT2D eigenvalue weighted by atomic mass is 9.94. The molecule has 1 aliphatic heterocycles. The molecule has 0 atom stereocenters. The van der Waals surface area contributed by atoms with Gasteiger partial charge in [-0.3, -0.25) is 0 Å². The lowest BCUT2D eigenvalue weighted by Gasteiger charge is -2.35. The van der Waals surface area contributed by atoms with Crippen LogP contribution in [0.2, 0.25) is 0 Å². The molecule has 2 rings (SSSR count). The molecule has 1 N–H and O–H groups in total. The Morgan fingerprint density at radius 1 is 1.62 bits per heavy atom. The Labute approximate surface area is 107 Å². The predicted octanol–water partition coefficient (Wildman–Crippen LogP) is 1.88. The lowest BCUT2D eigenvalue weighted by molar-refractivity contribution is -0.0572. The zero-order chi connectivity index (χ0) is 11.6. The molecule has 0 unspecified atom stereocenters. The maximum atomic E-state index is 10.4. The molecular weight excluding hydrogens is 292 g/mol. The van der Waals surface area contributed by atoms with Crippen molar-refractivity contribution in [3.8, 4) is 0 Å². The van der Waals surface area contributed by atoms with E-state index in [1.807, 2.05) is 17.3 Å². The molecule has 1 saturated heterocycles. The summed E-state index contributed by atoms with van der Waals surface area (Å²) in [6.45, 7) is 1.90. The Bertz CT molecular complexity index is 352. The molecule has 0 aromatic carbocycles. The molecule has 2 heterocycles. The number of aromatic nitrogens is 1. The van der Waals surface area contributed by atoms with Crippen LogP contribution in [0.3, 0.4) is 0 Å². The standard InChI is InChI=1S/C10H15BrN2O2S/c1-13(9-12-8(11)6-16-9)7-10(14)2-4-15-5-3-10/h6,14H,2-5,7H2,1H3. The zero-order valence-electron chi connectivity index (χ0n) is 9.15. The van der Waals surface area contributed by atoms with Gasteiger partial charge < -0.3 is 14.7 Å². The average Bonchev–Trinajstić information content (AvgIpc) is 2.65. The molecule has 90 valence electrons. The number of thiazole rings is 1. The van der Waals surface area contributed by atoms with Crippen LogP contribution in [0.25, 0.3) is 0 Å². The minimum atomic E-state index is -0.634. The van der Waals surface area contributed by atoms with Gasteiger partial charge in [-0.05, 0) is 15.9 Å². The first kappa shape index (κ1) is 12.3. The largest absolute Gasteiger partial charge is 0.388 e. The van der Waals surface area contributed by atoms with Crippen LogP contribution in [0.15, 0.2) is 9.98 Å². The van der Waals surface area contributed by atoms with E-state index in [1.54, 1.807) is 11.3 Å². The van der Waals surface area contributed by atoms with Crippen LogP contribution in [-0.2, 0) is 4.74 Å². The fourth-order valence-electron chi connectivity index (χ4n) is 1.84. The third kappa shape index (κ3) is 2.94. The van der Waals surface area contributed by atoms with Gasteiger partial charge in [-0.15, -0.1) is 11.3 Å². The molecule has 1 aromatic rings. The van der Waals surface area contributed by atoms with Gasteiger partial charge in [0, 0.05) is 45.0 Å². The molecule has 0 spiro atoms. The normalized spacial score (nSPS) is 19.7. The van der Waals surface area contributed by atoms with Crippen molar-refractivity contribution in [2.75, 3.05) is 31.7 Å². The van der Waals surface area contributed by atoms with Gasteiger partial charge in [0.25, 0.3) is 0 Å². The van der Waals surface area contributed by atoms with E-state index in [0.717, 1.165) is 9.73 Å². The van der Waals surface area contributed by atoms with E-state index in [9.17, 15) is 5.11 Å². The quantitative estimate of drug-likeness (QED) is 0.926. The number of anilines is 1. The average molecular weight is 307 g/mol. The van der Waals surface area contributed by atoms with Crippen LogP contribution in [0, 0.1) is 0 Å². The molecule has 6 heteroatoms. The van der Waals surface area contributed by atoms with E-state index >= 15 is 0 Å². The van der Waals surface area contributed by atoms with Crippen molar-refractivity contribution >= 4 is 32.4 Å². The monoisotopic (exact) mass is 306 g/mol. The number of hydrogen-bond donors (Lipinski definition) is 1. The highest BCUT2D eigenvalue weighted by atomic mass is 79.9. The van der Waals surface area contributed by atoms with E-state index in [-0.39, 0.29) is 0 Å². The number of likely N-dealkylation sites (N-methyl/N-ethyl adjacent to an activating group) is 1. The fourth-order valence-corrected chi connectivity index (χ4v) is 3.06. The highest BCUT2D eigenvalue weighted by molar-refractivity contribution is 9.10. The van der Waals surface area contributed by atoms with Crippen molar-refractivity contribution in [3.63, 3.8) is 0 Å². The summed E-state index contributed by atoms with van der Waals surface area (Å²) in [7, 11) is 1.96. The second kappa shape index (κ2) is 5.00.